The van der Waals surface area contributed by atoms with Gasteiger partial charge in [0.15, 0.2) is 0 Å². The van der Waals surface area contributed by atoms with Crippen molar-refractivity contribution >= 4 is 71.2 Å². The second kappa shape index (κ2) is 79.1. The van der Waals surface area contributed by atoms with E-state index in [4.69, 9.17) is 31.6 Å². The Bertz CT molecular complexity index is 75.3. The molecule has 0 spiro atoms. The summed E-state index contributed by atoms with van der Waals surface area (Å²) in [5.74, 6) is 0. The van der Waals surface area contributed by atoms with Crippen LogP contribution < -0.4 is 67.9 Å². The summed E-state index contributed by atoms with van der Waals surface area (Å²) in [5, 5.41) is 0. The Morgan fingerprint density at radius 2 is 0.571 bits per heavy atom. The zero-order valence-corrected chi connectivity index (χ0v) is 20.0. The molecular formula is H4BGe4KO8. The summed E-state index contributed by atoms with van der Waals surface area (Å²) in [5.41, 5.74) is 0. The Balaban J connectivity index is -0.0000000145. The van der Waals surface area contributed by atoms with E-state index in [0.29, 0.717) is 0 Å². The topological polar surface area (TPSA) is 161 Å². The van der Waals surface area contributed by atoms with E-state index >= 15 is 0 Å². The Kier molecular flexibility index (Phi) is 203. The van der Waals surface area contributed by atoms with Crippen molar-refractivity contribution < 1.29 is 83.0 Å². The third kappa shape index (κ3) is 487. The van der Waals surface area contributed by atoms with Gasteiger partial charge in [0.05, 0.1) is 0 Å². The molecule has 0 fully saturated rings. The van der Waals surface area contributed by atoms with Crippen molar-refractivity contribution in [1.82, 2.24) is 0 Å². The predicted molar refractivity (Wildman–Crippen MR) is 37.1 cm³/mol. The molecule has 8 nitrogen and oxygen atoms in total. The first kappa shape index (κ1) is 36.0. The molecule has 0 radical (unpaired) electrons. The van der Waals surface area contributed by atoms with Gasteiger partial charge in [-0.25, -0.2) is 0 Å². The van der Waals surface area contributed by atoms with Crippen LogP contribution in [0.15, 0.2) is 0 Å². The molecule has 0 N–H and O–H groups in total. The van der Waals surface area contributed by atoms with Gasteiger partial charge in [0.25, 0.3) is 0 Å². The van der Waals surface area contributed by atoms with Crippen molar-refractivity contribution in [2.24, 2.45) is 0 Å². The van der Waals surface area contributed by atoms with Crippen LogP contribution in [0.4, 0.5) is 0 Å². The Labute approximate surface area is 151 Å². The van der Waals surface area contributed by atoms with E-state index in [9.17, 15) is 0 Å². The van der Waals surface area contributed by atoms with Gasteiger partial charge in [0.2, 0.25) is 0 Å². The standard InChI is InChI=1S/B.4GeHO2.K/c;4*2-1-3;/h;4*1H;/q+3;4*-1;+1. The molecule has 14 heavy (non-hydrogen) atoms. The fourth-order valence-electron chi connectivity index (χ4n) is 0. The molecular weight excluding hydrogens is 468 g/mol. The van der Waals surface area contributed by atoms with Crippen molar-refractivity contribution in [3.63, 3.8) is 0 Å². The van der Waals surface area contributed by atoms with Gasteiger partial charge in [-0.1, -0.05) is 0 Å². The monoisotopic (exact) mass is 478 g/mol. The summed E-state index contributed by atoms with van der Waals surface area (Å²) in [6, 6.07) is 0. The number of hydrogen-bond donors (Lipinski definition) is 0. The van der Waals surface area contributed by atoms with Gasteiger partial charge in [0, 0.05) is 0 Å². The summed E-state index contributed by atoms with van der Waals surface area (Å²) in [6.07, 6.45) is 0. The van der Waals surface area contributed by atoms with Crippen LogP contribution in [0.3, 0.4) is 0 Å². The quantitative estimate of drug-likeness (QED) is 0.314. The van der Waals surface area contributed by atoms with Gasteiger partial charge in [-0.3, -0.25) is 0 Å². The minimum atomic E-state index is -2.19. The van der Waals surface area contributed by atoms with Crippen LogP contribution in [0.25, 0.3) is 0 Å². The fraction of sp³-hybridized carbons (Fsp3) is 0. The van der Waals surface area contributed by atoms with E-state index in [1.807, 2.05) is 0 Å². The molecule has 0 aromatic carbocycles. The molecule has 0 heterocycles. The van der Waals surface area contributed by atoms with Gasteiger partial charge in [-0.2, -0.15) is 0 Å². The van der Waals surface area contributed by atoms with Crippen LogP contribution in [0.5, 0.6) is 0 Å². The van der Waals surface area contributed by atoms with E-state index in [0.717, 1.165) is 0 Å². The van der Waals surface area contributed by atoms with Gasteiger partial charge >= 0.3 is 154 Å². The molecule has 0 amide bonds. The van der Waals surface area contributed by atoms with Crippen molar-refractivity contribution in [3.05, 3.63) is 0 Å². The summed E-state index contributed by atoms with van der Waals surface area (Å²) in [4.78, 5) is 0. The molecule has 0 unspecified atom stereocenters. The van der Waals surface area contributed by atoms with Crippen molar-refractivity contribution in [2.75, 3.05) is 0 Å². The summed E-state index contributed by atoms with van der Waals surface area (Å²) in [7, 11) is 0. The number of hydrogen-bond acceptors (Lipinski definition) is 8. The average Bonchev–Trinajstić information content (AvgIpc) is 1.92. The van der Waals surface area contributed by atoms with Gasteiger partial charge in [-0.15, -0.1) is 0 Å². The average molecular weight is 472 g/mol. The summed E-state index contributed by atoms with van der Waals surface area (Å²) >= 11 is -8.75. The molecule has 0 saturated carbocycles. The molecule has 0 aromatic heterocycles. The van der Waals surface area contributed by atoms with E-state index in [1.54, 1.807) is 0 Å². The van der Waals surface area contributed by atoms with Crippen molar-refractivity contribution in [3.8, 4) is 0 Å². The zero-order chi connectivity index (χ0) is 10.8. The van der Waals surface area contributed by atoms with Crippen molar-refractivity contribution in [2.45, 2.75) is 0 Å². The van der Waals surface area contributed by atoms with E-state index in [1.165, 1.54) is 0 Å². The first-order chi connectivity index (χ1) is 5.66. The maximum absolute atomic E-state index is 8.53. The molecule has 0 aromatic rings. The third-order valence-corrected chi connectivity index (χ3v) is 0. The molecule has 0 bridgehead atoms. The van der Waals surface area contributed by atoms with Crippen LogP contribution >= 0.6 is 0 Å². The molecule has 72 valence electrons. The SMILES string of the molecule is [B+3].[K+].[O]=[GeH][O-].[O]=[GeH][O-].[O]=[GeH][O-].[O]=[GeH][O-]. The first-order valence-electron chi connectivity index (χ1n) is 1.89. The Morgan fingerprint density at radius 3 is 0.571 bits per heavy atom. The molecule has 0 atom stereocenters. The normalized spacial score (nSPS) is 3.43. The van der Waals surface area contributed by atoms with E-state index in [-0.39, 0.29) is 59.8 Å². The predicted octanol–water partition coefficient (Wildman–Crippen LogP) is -11.2. The van der Waals surface area contributed by atoms with Gasteiger partial charge in [-0.05, 0) is 0 Å². The Morgan fingerprint density at radius 1 is 0.571 bits per heavy atom. The second-order valence-corrected chi connectivity index (χ2v) is 2.00. The maximum atomic E-state index is 8.53. The van der Waals surface area contributed by atoms with Crippen LogP contribution in [-0.4, -0.2) is 71.2 Å². The molecule has 14 heteroatoms. The van der Waals surface area contributed by atoms with Gasteiger partial charge < -0.3 is 0 Å². The summed E-state index contributed by atoms with van der Waals surface area (Å²) < 4.78 is 68.2. The van der Waals surface area contributed by atoms with Crippen LogP contribution in [0.1, 0.15) is 0 Å². The van der Waals surface area contributed by atoms with Gasteiger partial charge in [0.1, 0.15) is 0 Å². The summed E-state index contributed by atoms with van der Waals surface area (Å²) in [6.45, 7) is 0. The molecule has 0 rings (SSSR count). The molecule has 0 aliphatic rings. The fourth-order valence-corrected chi connectivity index (χ4v) is 0. The molecule has 0 aliphatic carbocycles. The minimum absolute atomic E-state index is 0. The van der Waals surface area contributed by atoms with Crippen molar-refractivity contribution in [1.29, 1.82) is 0 Å². The third-order valence-electron chi connectivity index (χ3n) is 0. The molecule has 0 saturated heterocycles. The van der Waals surface area contributed by atoms with Crippen LogP contribution in [0.2, 0.25) is 0 Å². The van der Waals surface area contributed by atoms with Crippen LogP contribution in [-0.2, 0) is 15.1 Å². The second-order valence-electron chi connectivity index (χ2n) is 0.385. The van der Waals surface area contributed by atoms with Crippen LogP contribution in [0, 0.1) is 0 Å². The Hall–Kier alpha value is 2.27. The first-order valence-corrected chi connectivity index (χ1v) is 9.80. The molecule has 0 aliphatic heterocycles. The zero-order valence-electron chi connectivity index (χ0n) is 7.15. The number of rotatable bonds is 0. The van der Waals surface area contributed by atoms with E-state index in [2.05, 4.69) is 0 Å². The van der Waals surface area contributed by atoms with E-state index < -0.39 is 62.8 Å².